The second kappa shape index (κ2) is 6.80. The van der Waals surface area contributed by atoms with E-state index in [0.717, 1.165) is 44.5 Å². The predicted molar refractivity (Wildman–Crippen MR) is 71.0 cm³/mol. The lowest BCUT2D eigenvalue weighted by Gasteiger charge is -2.27. The highest BCUT2D eigenvalue weighted by Gasteiger charge is 2.27. The molecule has 0 aromatic carbocycles. The Balaban J connectivity index is 2.74. The molecule has 3 nitrogen and oxygen atoms in total. The zero-order chi connectivity index (χ0) is 12.7. The number of hydrogen-bond acceptors (Lipinski definition) is 2. The van der Waals surface area contributed by atoms with Crippen LogP contribution in [0.1, 0.15) is 58.7 Å². The number of aromatic nitrogens is 2. The number of aryl methyl sites for hydroxylation is 1. The average molecular weight is 238 g/mol. The van der Waals surface area contributed by atoms with Crippen molar-refractivity contribution in [2.45, 2.75) is 71.4 Å². The second-order valence-corrected chi connectivity index (χ2v) is 4.94. The van der Waals surface area contributed by atoms with Crippen molar-refractivity contribution in [1.29, 1.82) is 0 Å². The van der Waals surface area contributed by atoms with E-state index in [1.54, 1.807) is 0 Å². The molecule has 1 aromatic rings. The van der Waals surface area contributed by atoms with Crippen LogP contribution in [0.2, 0.25) is 0 Å². The van der Waals surface area contributed by atoms with Gasteiger partial charge in [0.15, 0.2) is 0 Å². The lowest BCUT2D eigenvalue weighted by Crippen LogP contribution is -2.32. The first-order chi connectivity index (χ1) is 8.15. The molecule has 0 fully saturated rings. The van der Waals surface area contributed by atoms with Gasteiger partial charge in [-0.15, -0.1) is 0 Å². The Kier molecular flexibility index (Phi) is 5.69. The minimum Gasteiger partial charge on any atom is -0.389 e. The summed E-state index contributed by atoms with van der Waals surface area (Å²) in [6, 6.07) is 0. The quantitative estimate of drug-likeness (QED) is 0.755. The summed E-state index contributed by atoms with van der Waals surface area (Å²) in [6.07, 6.45) is 9.39. The highest BCUT2D eigenvalue weighted by atomic mass is 16.3. The summed E-state index contributed by atoms with van der Waals surface area (Å²) in [6.45, 7) is 7.40. The maximum absolute atomic E-state index is 10.6. The fraction of sp³-hybridized carbons (Fsp3) is 0.786. The maximum Gasteiger partial charge on any atom is 0.111 e. The van der Waals surface area contributed by atoms with Gasteiger partial charge in [0, 0.05) is 25.4 Å². The van der Waals surface area contributed by atoms with Gasteiger partial charge in [0.2, 0.25) is 0 Å². The molecule has 0 saturated heterocycles. The number of hydrogen-bond donors (Lipinski definition) is 1. The molecule has 0 radical (unpaired) electrons. The molecule has 0 amide bonds. The van der Waals surface area contributed by atoms with Gasteiger partial charge in [-0.3, -0.25) is 0 Å². The smallest absolute Gasteiger partial charge is 0.111 e. The van der Waals surface area contributed by atoms with E-state index in [0.29, 0.717) is 6.42 Å². The zero-order valence-electron chi connectivity index (χ0n) is 11.4. The van der Waals surface area contributed by atoms with Gasteiger partial charge in [0.05, 0.1) is 5.60 Å². The molecule has 1 rings (SSSR count). The topological polar surface area (TPSA) is 38.0 Å². The highest BCUT2D eigenvalue weighted by Crippen LogP contribution is 2.24. The average Bonchev–Trinajstić information content (AvgIpc) is 2.66. The second-order valence-electron chi connectivity index (χ2n) is 4.94. The fourth-order valence-electron chi connectivity index (χ4n) is 2.48. The molecule has 17 heavy (non-hydrogen) atoms. The molecule has 98 valence electrons. The van der Waals surface area contributed by atoms with Crippen LogP contribution in [0.5, 0.6) is 0 Å². The molecule has 1 aromatic heterocycles. The van der Waals surface area contributed by atoms with Crippen molar-refractivity contribution in [1.82, 2.24) is 9.55 Å². The Bertz CT molecular complexity index is 314. The van der Waals surface area contributed by atoms with Crippen LogP contribution in [0.15, 0.2) is 12.4 Å². The molecule has 0 saturated carbocycles. The van der Waals surface area contributed by atoms with E-state index in [-0.39, 0.29) is 0 Å². The molecule has 1 N–H and O–H groups in total. The summed E-state index contributed by atoms with van der Waals surface area (Å²) in [4.78, 5) is 4.39. The van der Waals surface area contributed by atoms with Crippen molar-refractivity contribution in [3.05, 3.63) is 18.2 Å². The number of nitrogens with zero attached hydrogens (tertiary/aromatic N) is 2. The molecular formula is C14H26N2O. The molecule has 0 spiro atoms. The third kappa shape index (κ3) is 4.15. The lowest BCUT2D eigenvalue weighted by atomic mass is 9.89. The van der Waals surface area contributed by atoms with Crippen LogP contribution in [0.25, 0.3) is 0 Å². The van der Waals surface area contributed by atoms with Gasteiger partial charge < -0.3 is 9.67 Å². The van der Waals surface area contributed by atoms with Crippen molar-refractivity contribution in [2.75, 3.05) is 0 Å². The monoisotopic (exact) mass is 238 g/mol. The molecular weight excluding hydrogens is 212 g/mol. The molecule has 1 heterocycles. The van der Waals surface area contributed by atoms with Crippen LogP contribution in [0, 0.1) is 0 Å². The van der Waals surface area contributed by atoms with Gasteiger partial charge in [-0.05, 0) is 19.3 Å². The van der Waals surface area contributed by atoms with E-state index in [9.17, 15) is 5.11 Å². The van der Waals surface area contributed by atoms with Crippen LogP contribution in [0.3, 0.4) is 0 Å². The van der Waals surface area contributed by atoms with Gasteiger partial charge in [0.25, 0.3) is 0 Å². The van der Waals surface area contributed by atoms with Gasteiger partial charge in [0.1, 0.15) is 5.82 Å². The first-order valence-corrected chi connectivity index (χ1v) is 6.87. The largest absolute Gasteiger partial charge is 0.389 e. The van der Waals surface area contributed by atoms with Gasteiger partial charge in [-0.25, -0.2) is 4.98 Å². The molecule has 0 bridgehead atoms. The Hall–Kier alpha value is -0.830. The minimum atomic E-state index is -0.569. The molecule has 0 aliphatic heterocycles. The highest BCUT2D eigenvalue weighted by molar-refractivity contribution is 4.98. The number of rotatable bonds is 8. The van der Waals surface area contributed by atoms with Crippen LogP contribution in [-0.4, -0.2) is 20.3 Å². The Labute approximate surface area is 105 Å². The standard InChI is InChI=1S/C14H26N2O/c1-4-7-14(17,8-5-2)12-13-15-9-11-16(13)10-6-3/h9,11,17H,4-8,10,12H2,1-3H3. The van der Waals surface area contributed by atoms with E-state index >= 15 is 0 Å². The Morgan fingerprint density at radius 3 is 2.35 bits per heavy atom. The van der Waals surface area contributed by atoms with E-state index in [2.05, 4.69) is 30.3 Å². The number of aliphatic hydroxyl groups is 1. The van der Waals surface area contributed by atoms with E-state index in [1.165, 1.54) is 0 Å². The van der Waals surface area contributed by atoms with Gasteiger partial charge in [-0.1, -0.05) is 33.6 Å². The minimum absolute atomic E-state index is 0.569. The normalized spacial score (nSPS) is 12.0. The Morgan fingerprint density at radius 2 is 1.82 bits per heavy atom. The van der Waals surface area contributed by atoms with E-state index < -0.39 is 5.60 Å². The van der Waals surface area contributed by atoms with E-state index in [1.807, 2.05) is 12.4 Å². The lowest BCUT2D eigenvalue weighted by molar-refractivity contribution is 0.0190. The number of imidazole rings is 1. The zero-order valence-corrected chi connectivity index (χ0v) is 11.4. The molecule has 0 atom stereocenters. The van der Waals surface area contributed by atoms with Gasteiger partial charge in [-0.2, -0.15) is 0 Å². The predicted octanol–water partition coefficient (Wildman–Crippen LogP) is 3.17. The summed E-state index contributed by atoms with van der Waals surface area (Å²) in [5, 5.41) is 10.6. The first kappa shape index (κ1) is 14.2. The third-order valence-electron chi connectivity index (χ3n) is 3.18. The van der Waals surface area contributed by atoms with Crippen molar-refractivity contribution in [3.63, 3.8) is 0 Å². The van der Waals surface area contributed by atoms with Gasteiger partial charge >= 0.3 is 0 Å². The van der Waals surface area contributed by atoms with Crippen LogP contribution >= 0.6 is 0 Å². The van der Waals surface area contributed by atoms with Crippen molar-refractivity contribution < 1.29 is 5.11 Å². The summed E-state index contributed by atoms with van der Waals surface area (Å²) in [5.74, 6) is 1.02. The summed E-state index contributed by atoms with van der Waals surface area (Å²) < 4.78 is 2.16. The molecule has 0 aliphatic carbocycles. The van der Waals surface area contributed by atoms with Crippen LogP contribution in [-0.2, 0) is 13.0 Å². The Morgan fingerprint density at radius 1 is 1.18 bits per heavy atom. The molecule has 0 unspecified atom stereocenters. The third-order valence-corrected chi connectivity index (χ3v) is 3.18. The SMILES string of the molecule is CCCn1ccnc1CC(O)(CCC)CCC. The van der Waals surface area contributed by atoms with Crippen molar-refractivity contribution in [2.24, 2.45) is 0 Å². The fourth-order valence-corrected chi connectivity index (χ4v) is 2.48. The summed E-state index contributed by atoms with van der Waals surface area (Å²) >= 11 is 0. The maximum atomic E-state index is 10.6. The van der Waals surface area contributed by atoms with Crippen LogP contribution < -0.4 is 0 Å². The van der Waals surface area contributed by atoms with Crippen molar-refractivity contribution >= 4 is 0 Å². The first-order valence-electron chi connectivity index (χ1n) is 6.87. The molecule has 3 heteroatoms. The van der Waals surface area contributed by atoms with Crippen LogP contribution in [0.4, 0.5) is 0 Å². The van der Waals surface area contributed by atoms with E-state index in [4.69, 9.17) is 0 Å². The summed E-state index contributed by atoms with van der Waals surface area (Å²) in [5.41, 5.74) is -0.569. The summed E-state index contributed by atoms with van der Waals surface area (Å²) in [7, 11) is 0. The molecule has 0 aliphatic rings. The van der Waals surface area contributed by atoms with Crippen molar-refractivity contribution in [3.8, 4) is 0 Å².